The minimum Gasteiger partial charge on any atom is -0.342 e. The monoisotopic (exact) mass is 508 g/mol. The van der Waals surface area contributed by atoms with Crippen LogP contribution in [0, 0.1) is 17.1 Å². The van der Waals surface area contributed by atoms with Gasteiger partial charge in [-0.05, 0) is 61.7 Å². The number of nitrogens with one attached hydrogen (secondary N) is 2. The number of sulfonamides is 1. The lowest BCUT2D eigenvalue weighted by atomic mass is 9.98. The van der Waals surface area contributed by atoms with Gasteiger partial charge in [0.2, 0.25) is 0 Å². The number of carbonyl (C=O) groups excluding carboxylic acids is 2. The number of hydrogen-bond acceptors (Lipinski definition) is 6. The van der Waals surface area contributed by atoms with Crippen molar-refractivity contribution in [1.82, 2.24) is 15.0 Å². The molecule has 10 heteroatoms. The van der Waals surface area contributed by atoms with Gasteiger partial charge in [0.05, 0.1) is 12.1 Å². The van der Waals surface area contributed by atoms with Crippen molar-refractivity contribution >= 4 is 21.7 Å². The Morgan fingerprint density at radius 2 is 1.69 bits per heavy atom. The van der Waals surface area contributed by atoms with Gasteiger partial charge in [0.1, 0.15) is 11.4 Å². The van der Waals surface area contributed by atoms with Gasteiger partial charge in [-0.1, -0.05) is 36.4 Å². The van der Waals surface area contributed by atoms with Gasteiger partial charge in [-0.2, -0.15) is 9.98 Å². The van der Waals surface area contributed by atoms with Crippen LogP contribution in [0.4, 0.5) is 4.39 Å². The van der Waals surface area contributed by atoms with Gasteiger partial charge in [-0.3, -0.25) is 9.59 Å². The number of pyridine rings is 1. The summed E-state index contributed by atoms with van der Waals surface area (Å²) in [4.78, 5) is 29.8. The molecule has 3 rings (SSSR count). The van der Waals surface area contributed by atoms with Crippen LogP contribution in [0.3, 0.4) is 0 Å². The quantitative estimate of drug-likeness (QED) is 0.433. The summed E-state index contributed by atoms with van der Waals surface area (Å²) in [5.41, 5.74) is 0.183. The topological polar surface area (TPSA) is 129 Å². The molecule has 3 aromatic rings. The zero-order chi connectivity index (χ0) is 26.3. The summed E-state index contributed by atoms with van der Waals surface area (Å²) in [5, 5.41) is 11.5. The van der Waals surface area contributed by atoms with Crippen LogP contribution in [0.5, 0.6) is 0 Å². The highest BCUT2D eigenvalue weighted by molar-refractivity contribution is 7.89. The third-order valence-corrected chi connectivity index (χ3v) is 6.77. The maximum Gasteiger partial charge on any atom is 0.259 e. The molecule has 0 aliphatic carbocycles. The average Bonchev–Trinajstić information content (AvgIpc) is 2.84. The molecule has 0 bridgehead atoms. The molecule has 186 valence electrons. The van der Waals surface area contributed by atoms with Crippen LogP contribution in [0.25, 0.3) is 0 Å². The number of benzene rings is 2. The first-order valence-electron chi connectivity index (χ1n) is 11.0. The lowest BCUT2D eigenvalue weighted by Gasteiger charge is -2.19. The second-order valence-electron chi connectivity index (χ2n) is 8.71. The molecule has 0 saturated heterocycles. The summed E-state index contributed by atoms with van der Waals surface area (Å²) >= 11 is 0. The van der Waals surface area contributed by atoms with Gasteiger partial charge < -0.3 is 5.32 Å². The third-order valence-electron chi connectivity index (χ3n) is 5.20. The highest BCUT2D eigenvalue weighted by Crippen LogP contribution is 2.13. The summed E-state index contributed by atoms with van der Waals surface area (Å²) in [7, 11) is -4.03. The minimum atomic E-state index is -4.03. The number of carbonyl (C=O) groups is 2. The molecule has 0 unspecified atom stereocenters. The first-order valence-corrected chi connectivity index (χ1v) is 12.5. The number of hydrogen-bond donors (Lipinski definition) is 2. The molecule has 2 N–H and O–H groups in total. The molecule has 0 aliphatic heterocycles. The average molecular weight is 509 g/mol. The Bertz CT molecular complexity index is 1370. The third kappa shape index (κ3) is 7.28. The number of nitrogens with zero attached hydrogens (tertiary/aromatic N) is 2. The van der Waals surface area contributed by atoms with Crippen LogP contribution in [0.2, 0.25) is 0 Å². The molecule has 1 aromatic heterocycles. The van der Waals surface area contributed by atoms with Gasteiger partial charge in [0.25, 0.3) is 15.9 Å². The predicted octanol–water partition coefficient (Wildman–Crippen LogP) is 2.95. The number of aromatic nitrogens is 1. The standard InChI is InChI=1S/C26H25FN4O4S/c1-26(2,17-28)31-36(34,35)24-13-8-19(16-29-24)15-23(32)22(14-18-6-4-3-5-7-18)30-25(33)20-9-11-21(27)12-10-20/h3-13,16,22,31H,14-15H2,1-2H3,(H,30,33)/t22-/m0/s1. The fraction of sp³-hybridized carbons (Fsp3) is 0.231. The summed E-state index contributed by atoms with van der Waals surface area (Å²) in [6, 6.07) is 17.8. The zero-order valence-corrected chi connectivity index (χ0v) is 20.5. The van der Waals surface area contributed by atoms with Gasteiger partial charge in [0.15, 0.2) is 10.8 Å². The number of amides is 1. The molecule has 0 spiro atoms. The molecule has 8 nitrogen and oxygen atoms in total. The smallest absolute Gasteiger partial charge is 0.259 e. The number of rotatable bonds is 10. The van der Waals surface area contributed by atoms with Crippen LogP contribution in [0.15, 0.2) is 78.0 Å². The number of halogens is 1. The summed E-state index contributed by atoms with van der Waals surface area (Å²) in [6.45, 7) is 2.84. The Labute approximate surface area is 209 Å². The van der Waals surface area contributed by atoms with E-state index >= 15 is 0 Å². The maximum atomic E-state index is 13.2. The molecular weight excluding hydrogens is 483 g/mol. The molecule has 0 fully saturated rings. The van der Waals surface area contributed by atoms with Crippen molar-refractivity contribution in [3.8, 4) is 6.07 Å². The second-order valence-corrected chi connectivity index (χ2v) is 10.3. The van der Waals surface area contributed by atoms with Crippen molar-refractivity contribution in [2.75, 3.05) is 0 Å². The van der Waals surface area contributed by atoms with Gasteiger partial charge >= 0.3 is 0 Å². The second kappa shape index (κ2) is 11.2. The number of ketones is 1. The van der Waals surface area contributed by atoms with Gasteiger partial charge in [0, 0.05) is 18.2 Å². The van der Waals surface area contributed by atoms with E-state index in [0.29, 0.717) is 5.56 Å². The van der Waals surface area contributed by atoms with E-state index in [1.807, 2.05) is 36.4 Å². The Balaban J connectivity index is 1.77. The van der Waals surface area contributed by atoms with Gasteiger partial charge in [-0.15, -0.1) is 0 Å². The number of nitriles is 1. The summed E-state index contributed by atoms with van der Waals surface area (Å²) in [6.07, 6.45) is 1.40. The minimum absolute atomic E-state index is 0.106. The fourth-order valence-corrected chi connectivity index (χ4v) is 4.61. The van der Waals surface area contributed by atoms with Crippen molar-refractivity contribution in [2.24, 2.45) is 0 Å². The summed E-state index contributed by atoms with van der Waals surface area (Å²) in [5.74, 6) is -1.31. The van der Waals surface area contributed by atoms with Crippen molar-refractivity contribution in [2.45, 2.75) is 43.3 Å². The molecule has 0 saturated carbocycles. The van der Waals surface area contributed by atoms with E-state index in [2.05, 4.69) is 15.0 Å². The molecule has 0 aliphatic rings. The Morgan fingerprint density at radius 3 is 2.28 bits per heavy atom. The normalized spacial score (nSPS) is 12.4. The Morgan fingerprint density at radius 1 is 1.03 bits per heavy atom. The van der Waals surface area contributed by atoms with Crippen molar-refractivity contribution in [3.05, 3.63) is 95.4 Å². The van der Waals surface area contributed by atoms with Crippen molar-refractivity contribution in [1.29, 1.82) is 5.26 Å². The van der Waals surface area contributed by atoms with E-state index in [-0.39, 0.29) is 29.2 Å². The van der Waals surface area contributed by atoms with Crippen LogP contribution >= 0.6 is 0 Å². The Hall–Kier alpha value is -3.94. The molecule has 36 heavy (non-hydrogen) atoms. The maximum absolute atomic E-state index is 13.2. The van der Waals surface area contributed by atoms with E-state index in [9.17, 15) is 22.4 Å². The van der Waals surface area contributed by atoms with Gasteiger partial charge in [-0.25, -0.2) is 17.8 Å². The molecule has 1 amide bonds. The Kier molecular flexibility index (Phi) is 8.29. The lowest BCUT2D eigenvalue weighted by Crippen LogP contribution is -2.43. The summed E-state index contributed by atoms with van der Waals surface area (Å²) < 4.78 is 40.4. The van der Waals surface area contributed by atoms with Crippen LogP contribution in [-0.4, -0.2) is 36.7 Å². The fourth-order valence-electron chi connectivity index (χ4n) is 3.35. The first-order chi connectivity index (χ1) is 17.0. The zero-order valence-electron chi connectivity index (χ0n) is 19.7. The number of Topliss-reactive ketones (excluding diaryl/α,β-unsaturated/α-hetero) is 1. The van der Waals surface area contributed by atoms with Crippen molar-refractivity contribution in [3.63, 3.8) is 0 Å². The molecule has 0 radical (unpaired) electrons. The predicted molar refractivity (Wildman–Crippen MR) is 131 cm³/mol. The van der Waals surface area contributed by atoms with E-state index in [1.54, 1.807) is 0 Å². The molecule has 2 aromatic carbocycles. The highest BCUT2D eigenvalue weighted by atomic mass is 32.2. The van der Waals surface area contributed by atoms with E-state index < -0.39 is 33.3 Å². The van der Waals surface area contributed by atoms with Crippen LogP contribution in [-0.2, 0) is 27.7 Å². The largest absolute Gasteiger partial charge is 0.342 e. The first kappa shape index (κ1) is 26.7. The van der Waals surface area contributed by atoms with Crippen LogP contribution in [0.1, 0.15) is 35.3 Å². The van der Waals surface area contributed by atoms with E-state index in [1.165, 1.54) is 44.3 Å². The van der Waals surface area contributed by atoms with E-state index in [0.717, 1.165) is 17.7 Å². The van der Waals surface area contributed by atoms with Crippen molar-refractivity contribution < 1.29 is 22.4 Å². The van der Waals surface area contributed by atoms with Crippen LogP contribution < -0.4 is 10.0 Å². The lowest BCUT2D eigenvalue weighted by molar-refractivity contribution is -0.120. The highest BCUT2D eigenvalue weighted by Gasteiger charge is 2.27. The SMILES string of the molecule is CC(C)(C#N)NS(=O)(=O)c1ccc(CC(=O)[C@H](Cc2ccccc2)NC(=O)c2ccc(F)cc2)cn1. The molecule has 1 atom stereocenters. The molecule has 1 heterocycles. The molecular formula is C26H25FN4O4S. The van der Waals surface area contributed by atoms with E-state index in [4.69, 9.17) is 5.26 Å².